The van der Waals surface area contributed by atoms with Crippen molar-refractivity contribution < 1.29 is 4.74 Å². The number of hydrogen-bond donors (Lipinski definition) is 0. The fourth-order valence-electron chi connectivity index (χ4n) is 3.82. The smallest absolute Gasteiger partial charge is 0.187 e. The molecule has 2 unspecified atom stereocenters. The van der Waals surface area contributed by atoms with Crippen molar-refractivity contribution in [3.63, 3.8) is 0 Å². The summed E-state index contributed by atoms with van der Waals surface area (Å²) in [6.45, 7) is 15.7. The van der Waals surface area contributed by atoms with Gasteiger partial charge in [0.2, 0.25) is 0 Å². The van der Waals surface area contributed by atoms with E-state index in [1.165, 1.54) is 5.56 Å². The Morgan fingerprint density at radius 1 is 1.15 bits per heavy atom. The molecule has 0 amide bonds. The van der Waals surface area contributed by atoms with Gasteiger partial charge in [0.05, 0.1) is 17.8 Å². The molecule has 1 aliphatic heterocycles. The monoisotopic (exact) mass is 343 g/mol. The lowest BCUT2D eigenvalue weighted by atomic mass is 9.96. The molecule has 4 nitrogen and oxygen atoms in total. The highest BCUT2D eigenvalue weighted by Gasteiger charge is 2.30. The van der Waals surface area contributed by atoms with Crippen molar-refractivity contribution in [2.45, 2.75) is 39.7 Å². The maximum atomic E-state index is 7.27. The Balaban J connectivity index is 1.91. The van der Waals surface area contributed by atoms with Crippen LogP contribution in [-0.2, 0) is 0 Å². The van der Waals surface area contributed by atoms with Crippen LogP contribution in [0.25, 0.3) is 21.9 Å². The second-order valence-corrected chi connectivity index (χ2v) is 7.00. The van der Waals surface area contributed by atoms with Gasteiger partial charge < -0.3 is 4.74 Å². The molecule has 0 bridgehead atoms. The fourth-order valence-corrected chi connectivity index (χ4v) is 3.82. The molecule has 1 aromatic heterocycles. The molecule has 26 heavy (non-hydrogen) atoms. The first kappa shape index (κ1) is 16.4. The zero-order valence-corrected chi connectivity index (χ0v) is 15.4. The molecule has 1 aliphatic rings. The summed E-state index contributed by atoms with van der Waals surface area (Å²) in [4.78, 5) is 8.20. The minimum absolute atomic E-state index is 0.163. The molecule has 0 saturated heterocycles. The van der Waals surface area contributed by atoms with Crippen molar-refractivity contribution in [1.82, 2.24) is 9.55 Å². The third-order valence-electron chi connectivity index (χ3n) is 5.27. The third kappa shape index (κ3) is 2.40. The van der Waals surface area contributed by atoms with Crippen LogP contribution in [0.1, 0.15) is 36.5 Å². The molecule has 0 N–H and O–H groups in total. The molecule has 3 aromatic rings. The Labute approximate surface area is 153 Å². The topological polar surface area (TPSA) is 31.4 Å². The summed E-state index contributed by atoms with van der Waals surface area (Å²) in [6.07, 6.45) is 3.96. The zero-order chi connectivity index (χ0) is 18.4. The van der Waals surface area contributed by atoms with Crippen LogP contribution in [0.2, 0.25) is 0 Å². The van der Waals surface area contributed by atoms with Crippen molar-refractivity contribution in [1.29, 1.82) is 0 Å². The van der Waals surface area contributed by atoms with Gasteiger partial charge in [0.25, 0.3) is 0 Å². The zero-order valence-electron chi connectivity index (χ0n) is 15.4. The predicted molar refractivity (Wildman–Crippen MR) is 103 cm³/mol. The van der Waals surface area contributed by atoms with Crippen molar-refractivity contribution in [3.8, 4) is 22.8 Å². The van der Waals surface area contributed by atoms with E-state index in [1.54, 1.807) is 0 Å². The van der Waals surface area contributed by atoms with E-state index in [-0.39, 0.29) is 6.10 Å². The Kier molecular flexibility index (Phi) is 3.81. The van der Waals surface area contributed by atoms with Gasteiger partial charge in [0.1, 0.15) is 17.7 Å². The average Bonchev–Trinajstić information content (AvgIpc) is 3.20. The molecule has 0 saturated carbocycles. The van der Waals surface area contributed by atoms with Crippen molar-refractivity contribution in [3.05, 3.63) is 70.8 Å². The molecular formula is C22H21N3O. The van der Waals surface area contributed by atoms with Crippen molar-refractivity contribution >= 4 is 5.69 Å². The largest absolute Gasteiger partial charge is 0.489 e. The minimum atomic E-state index is 0.163. The summed E-state index contributed by atoms with van der Waals surface area (Å²) in [6, 6.07) is 10.1. The predicted octanol–water partition coefficient (Wildman–Crippen LogP) is 5.59. The molecule has 0 aliphatic carbocycles. The van der Waals surface area contributed by atoms with E-state index in [2.05, 4.69) is 46.4 Å². The average molecular weight is 343 g/mol. The SMILES string of the molecule is [C-]#[N+]c1cc(C)c(-n2ccnc2-c2cccc3c2OC(C)C3C)c(C)c1. The molecule has 4 rings (SSSR count). The third-order valence-corrected chi connectivity index (χ3v) is 5.27. The second kappa shape index (κ2) is 6.03. The quantitative estimate of drug-likeness (QED) is 0.568. The summed E-state index contributed by atoms with van der Waals surface area (Å²) < 4.78 is 8.27. The molecule has 2 heterocycles. The van der Waals surface area contributed by atoms with E-state index in [0.717, 1.165) is 34.0 Å². The molecule has 0 radical (unpaired) electrons. The first-order valence-electron chi connectivity index (χ1n) is 8.83. The van der Waals surface area contributed by atoms with Gasteiger partial charge in [0.15, 0.2) is 5.69 Å². The van der Waals surface area contributed by atoms with Crippen LogP contribution in [0, 0.1) is 20.4 Å². The number of para-hydroxylation sites is 1. The second-order valence-electron chi connectivity index (χ2n) is 7.00. The van der Waals surface area contributed by atoms with E-state index in [0.29, 0.717) is 11.6 Å². The minimum Gasteiger partial charge on any atom is -0.489 e. The maximum Gasteiger partial charge on any atom is 0.187 e. The number of rotatable bonds is 2. The van der Waals surface area contributed by atoms with Gasteiger partial charge in [-0.05, 0) is 38.0 Å². The Morgan fingerprint density at radius 3 is 2.58 bits per heavy atom. The van der Waals surface area contributed by atoms with Gasteiger partial charge in [-0.25, -0.2) is 9.83 Å². The molecule has 2 aromatic carbocycles. The molecule has 0 spiro atoms. The standard InChI is InChI=1S/C22H21N3O/c1-13-11-17(23-5)12-14(2)20(13)25-10-9-24-22(25)19-8-6-7-18-15(3)16(4)26-21(18)19/h6-12,15-16H,1-4H3. The summed E-state index contributed by atoms with van der Waals surface area (Å²) in [5.74, 6) is 2.17. The van der Waals surface area contributed by atoms with Crippen molar-refractivity contribution in [2.75, 3.05) is 0 Å². The van der Waals surface area contributed by atoms with Crippen LogP contribution in [0.4, 0.5) is 5.69 Å². The number of aryl methyl sites for hydroxylation is 2. The summed E-state index contributed by atoms with van der Waals surface area (Å²) in [7, 11) is 0. The van der Waals surface area contributed by atoms with Gasteiger partial charge in [-0.15, -0.1) is 0 Å². The first-order chi connectivity index (χ1) is 12.5. The molecule has 0 fully saturated rings. The Bertz CT molecular complexity index is 1020. The lowest BCUT2D eigenvalue weighted by molar-refractivity contribution is 0.233. The number of fused-ring (bicyclic) bond motifs is 1. The van der Waals surface area contributed by atoms with Crippen LogP contribution < -0.4 is 4.74 Å². The lowest BCUT2D eigenvalue weighted by Gasteiger charge is -2.16. The first-order valence-corrected chi connectivity index (χ1v) is 8.83. The van der Waals surface area contributed by atoms with Crippen molar-refractivity contribution in [2.24, 2.45) is 0 Å². The number of hydrogen-bond acceptors (Lipinski definition) is 2. The lowest BCUT2D eigenvalue weighted by Crippen LogP contribution is -2.10. The summed E-state index contributed by atoms with van der Waals surface area (Å²) in [5, 5.41) is 0. The summed E-state index contributed by atoms with van der Waals surface area (Å²) in [5.41, 5.74) is 6.10. The highest BCUT2D eigenvalue weighted by molar-refractivity contribution is 5.71. The number of nitrogens with zero attached hydrogens (tertiary/aromatic N) is 3. The highest BCUT2D eigenvalue weighted by atomic mass is 16.5. The number of ether oxygens (including phenoxy) is 1. The Morgan fingerprint density at radius 2 is 1.88 bits per heavy atom. The van der Waals surface area contributed by atoms with E-state index in [9.17, 15) is 0 Å². The Hall–Kier alpha value is -3.06. The number of imidazole rings is 1. The van der Waals surface area contributed by atoms with Gasteiger partial charge in [-0.3, -0.25) is 4.57 Å². The van der Waals surface area contributed by atoms with E-state index in [4.69, 9.17) is 11.3 Å². The summed E-state index contributed by atoms with van der Waals surface area (Å²) >= 11 is 0. The van der Waals surface area contributed by atoms with Gasteiger partial charge >= 0.3 is 0 Å². The van der Waals surface area contributed by atoms with Crippen LogP contribution in [0.15, 0.2) is 42.7 Å². The molecule has 2 atom stereocenters. The fraction of sp³-hybridized carbons (Fsp3) is 0.273. The van der Waals surface area contributed by atoms with Gasteiger partial charge in [0, 0.05) is 23.9 Å². The highest BCUT2D eigenvalue weighted by Crippen LogP contribution is 2.44. The van der Waals surface area contributed by atoms with E-state index < -0.39 is 0 Å². The van der Waals surface area contributed by atoms with Crippen LogP contribution in [0.5, 0.6) is 5.75 Å². The van der Waals surface area contributed by atoms with Gasteiger partial charge in [-0.1, -0.05) is 31.2 Å². The van der Waals surface area contributed by atoms with Crippen LogP contribution >= 0.6 is 0 Å². The number of aromatic nitrogens is 2. The van der Waals surface area contributed by atoms with Crippen LogP contribution in [0.3, 0.4) is 0 Å². The van der Waals surface area contributed by atoms with Crippen LogP contribution in [-0.4, -0.2) is 15.7 Å². The molecule has 130 valence electrons. The number of benzene rings is 2. The molecule has 4 heteroatoms. The maximum absolute atomic E-state index is 7.27. The van der Waals surface area contributed by atoms with Gasteiger partial charge in [-0.2, -0.15) is 0 Å². The normalized spacial score (nSPS) is 18.3. The molecular weight excluding hydrogens is 322 g/mol. The van der Waals surface area contributed by atoms with E-state index in [1.807, 2.05) is 38.4 Å². The van der Waals surface area contributed by atoms with E-state index >= 15 is 0 Å².